The largest absolute Gasteiger partial charge is 0.435 e. The molecule has 92 valence electrons. The van der Waals surface area contributed by atoms with Gasteiger partial charge in [-0.25, -0.2) is 9.66 Å². The van der Waals surface area contributed by atoms with Crippen molar-refractivity contribution in [2.24, 2.45) is 0 Å². The predicted octanol–water partition coefficient (Wildman–Crippen LogP) is 1.53. The third-order valence-electron chi connectivity index (χ3n) is 2.42. The SMILES string of the molecule is N#C/C(=C\Nn1cnnc1)c1nc2ccccc2o1. The van der Waals surface area contributed by atoms with Gasteiger partial charge in [0, 0.05) is 6.20 Å². The van der Waals surface area contributed by atoms with Gasteiger partial charge in [0.2, 0.25) is 5.89 Å². The van der Waals surface area contributed by atoms with Gasteiger partial charge in [0.05, 0.1) is 0 Å². The standard InChI is InChI=1S/C12H8N6O/c13-5-9(6-16-18-7-14-15-8-18)12-17-10-3-1-2-4-11(10)19-12/h1-4,6-8,16H/b9-6+. The molecule has 2 heterocycles. The van der Waals surface area contributed by atoms with Crippen LogP contribution in [0.4, 0.5) is 0 Å². The number of fused-ring (bicyclic) bond motifs is 1. The van der Waals surface area contributed by atoms with Gasteiger partial charge in [-0.05, 0) is 12.1 Å². The highest BCUT2D eigenvalue weighted by Crippen LogP contribution is 2.19. The second kappa shape index (κ2) is 4.62. The van der Waals surface area contributed by atoms with Gasteiger partial charge in [-0.15, -0.1) is 10.2 Å². The van der Waals surface area contributed by atoms with E-state index in [1.165, 1.54) is 23.5 Å². The number of para-hydroxylation sites is 2. The van der Waals surface area contributed by atoms with E-state index in [0.29, 0.717) is 11.1 Å². The van der Waals surface area contributed by atoms with E-state index < -0.39 is 0 Å². The number of aromatic nitrogens is 4. The summed E-state index contributed by atoms with van der Waals surface area (Å²) in [5, 5.41) is 16.4. The van der Waals surface area contributed by atoms with Gasteiger partial charge in [-0.2, -0.15) is 5.26 Å². The van der Waals surface area contributed by atoms with Crippen molar-refractivity contribution in [3.63, 3.8) is 0 Å². The zero-order valence-corrected chi connectivity index (χ0v) is 9.69. The average molecular weight is 252 g/mol. The summed E-state index contributed by atoms with van der Waals surface area (Å²) in [6, 6.07) is 9.36. The summed E-state index contributed by atoms with van der Waals surface area (Å²) in [6.07, 6.45) is 4.42. The molecule has 0 fully saturated rings. The summed E-state index contributed by atoms with van der Waals surface area (Å²) in [5.74, 6) is 0.268. The highest BCUT2D eigenvalue weighted by Gasteiger charge is 2.09. The molecule has 0 amide bonds. The highest BCUT2D eigenvalue weighted by molar-refractivity contribution is 5.79. The first-order valence-corrected chi connectivity index (χ1v) is 5.44. The van der Waals surface area contributed by atoms with E-state index in [0.717, 1.165) is 0 Å². The first kappa shape index (κ1) is 11.0. The fraction of sp³-hybridized carbons (Fsp3) is 0. The molecular weight excluding hydrogens is 244 g/mol. The average Bonchev–Trinajstić information content (AvgIpc) is 3.08. The van der Waals surface area contributed by atoms with Crippen molar-refractivity contribution < 1.29 is 4.42 Å². The molecule has 0 radical (unpaired) electrons. The monoisotopic (exact) mass is 252 g/mol. The van der Waals surface area contributed by atoms with E-state index in [2.05, 4.69) is 20.6 Å². The van der Waals surface area contributed by atoms with Crippen molar-refractivity contribution in [3.8, 4) is 6.07 Å². The minimum atomic E-state index is 0.268. The molecule has 0 saturated heterocycles. The van der Waals surface area contributed by atoms with E-state index in [9.17, 15) is 0 Å². The predicted molar refractivity (Wildman–Crippen MR) is 67.0 cm³/mol. The lowest BCUT2D eigenvalue weighted by molar-refractivity contribution is 0.586. The Balaban J connectivity index is 1.93. The van der Waals surface area contributed by atoms with Crippen LogP contribution >= 0.6 is 0 Å². The van der Waals surface area contributed by atoms with Crippen LogP contribution in [-0.2, 0) is 0 Å². The molecule has 7 heteroatoms. The molecule has 1 aromatic carbocycles. The summed E-state index contributed by atoms with van der Waals surface area (Å²) >= 11 is 0. The second-order valence-corrected chi connectivity index (χ2v) is 3.65. The number of nitrogens with one attached hydrogen (secondary N) is 1. The molecule has 0 atom stereocenters. The van der Waals surface area contributed by atoms with E-state index in [-0.39, 0.29) is 11.5 Å². The number of oxazole rings is 1. The van der Waals surface area contributed by atoms with E-state index in [1.807, 2.05) is 24.3 Å². The van der Waals surface area contributed by atoms with Crippen LogP contribution < -0.4 is 5.43 Å². The van der Waals surface area contributed by atoms with Gasteiger partial charge in [0.1, 0.15) is 29.8 Å². The molecule has 0 aliphatic heterocycles. The van der Waals surface area contributed by atoms with Crippen LogP contribution in [0.5, 0.6) is 0 Å². The highest BCUT2D eigenvalue weighted by atomic mass is 16.3. The lowest BCUT2D eigenvalue weighted by atomic mass is 10.3. The van der Waals surface area contributed by atoms with Crippen LogP contribution in [-0.4, -0.2) is 19.9 Å². The number of nitriles is 1. The molecule has 3 aromatic rings. The Hall–Kier alpha value is -3.14. The fourth-order valence-electron chi connectivity index (χ4n) is 1.54. The quantitative estimate of drug-likeness (QED) is 0.710. The van der Waals surface area contributed by atoms with Gasteiger partial charge in [0.25, 0.3) is 0 Å². The minimum absolute atomic E-state index is 0.268. The van der Waals surface area contributed by atoms with Crippen molar-refractivity contribution in [1.82, 2.24) is 19.9 Å². The molecule has 0 aliphatic carbocycles. The molecule has 3 rings (SSSR count). The lowest BCUT2D eigenvalue weighted by Crippen LogP contribution is -2.05. The van der Waals surface area contributed by atoms with E-state index in [1.54, 1.807) is 6.07 Å². The molecule has 0 aliphatic rings. The minimum Gasteiger partial charge on any atom is -0.435 e. The zero-order valence-electron chi connectivity index (χ0n) is 9.69. The smallest absolute Gasteiger partial charge is 0.239 e. The summed E-state index contributed by atoms with van der Waals surface area (Å²) in [5.41, 5.74) is 4.46. The van der Waals surface area contributed by atoms with Crippen LogP contribution in [0, 0.1) is 11.3 Å². The number of hydrogen-bond donors (Lipinski definition) is 1. The number of benzene rings is 1. The Bertz CT molecular complexity index is 732. The van der Waals surface area contributed by atoms with Crippen molar-refractivity contribution >= 4 is 16.7 Å². The Morgan fingerprint density at radius 3 is 2.84 bits per heavy atom. The van der Waals surface area contributed by atoms with Crippen molar-refractivity contribution in [1.29, 1.82) is 5.26 Å². The Morgan fingerprint density at radius 2 is 2.11 bits per heavy atom. The van der Waals surface area contributed by atoms with E-state index in [4.69, 9.17) is 9.68 Å². The molecule has 0 saturated carbocycles. The molecule has 0 bridgehead atoms. The third kappa shape index (κ3) is 2.14. The Morgan fingerprint density at radius 1 is 1.32 bits per heavy atom. The van der Waals surface area contributed by atoms with Crippen LogP contribution in [0.2, 0.25) is 0 Å². The fourth-order valence-corrected chi connectivity index (χ4v) is 1.54. The van der Waals surface area contributed by atoms with Gasteiger partial charge < -0.3 is 4.42 Å². The summed E-state index contributed by atoms with van der Waals surface area (Å²) in [7, 11) is 0. The first-order valence-electron chi connectivity index (χ1n) is 5.44. The van der Waals surface area contributed by atoms with E-state index >= 15 is 0 Å². The summed E-state index contributed by atoms with van der Waals surface area (Å²) < 4.78 is 7.01. The van der Waals surface area contributed by atoms with Gasteiger partial charge in [-0.1, -0.05) is 12.1 Å². The van der Waals surface area contributed by atoms with Crippen molar-refractivity contribution in [3.05, 3.63) is 49.0 Å². The maximum absolute atomic E-state index is 9.13. The molecule has 19 heavy (non-hydrogen) atoms. The van der Waals surface area contributed by atoms with Crippen LogP contribution in [0.15, 0.2) is 47.5 Å². The zero-order chi connectivity index (χ0) is 13.1. The number of allylic oxidation sites excluding steroid dienone is 1. The molecule has 0 unspecified atom stereocenters. The van der Waals surface area contributed by atoms with Gasteiger partial charge in [0.15, 0.2) is 5.58 Å². The second-order valence-electron chi connectivity index (χ2n) is 3.65. The van der Waals surface area contributed by atoms with Crippen molar-refractivity contribution in [2.45, 2.75) is 0 Å². The van der Waals surface area contributed by atoms with Gasteiger partial charge in [-0.3, -0.25) is 5.43 Å². The summed E-state index contributed by atoms with van der Waals surface area (Å²) in [4.78, 5) is 4.25. The topological polar surface area (TPSA) is 92.6 Å². The van der Waals surface area contributed by atoms with Crippen LogP contribution in [0.3, 0.4) is 0 Å². The molecule has 1 N–H and O–H groups in total. The number of hydrogen-bond acceptors (Lipinski definition) is 6. The molecule has 2 aromatic heterocycles. The molecular formula is C12H8N6O. The maximum atomic E-state index is 9.13. The Labute approximate surface area is 107 Å². The van der Waals surface area contributed by atoms with Gasteiger partial charge >= 0.3 is 0 Å². The van der Waals surface area contributed by atoms with Crippen molar-refractivity contribution in [2.75, 3.05) is 5.43 Å². The Kier molecular flexibility index (Phi) is 2.67. The lowest BCUT2D eigenvalue weighted by Gasteiger charge is -1.98. The third-order valence-corrected chi connectivity index (χ3v) is 2.42. The summed E-state index contributed by atoms with van der Waals surface area (Å²) in [6.45, 7) is 0. The first-order chi connectivity index (χ1) is 9.36. The molecule has 7 nitrogen and oxygen atoms in total. The normalized spacial score (nSPS) is 11.4. The number of rotatable bonds is 3. The maximum Gasteiger partial charge on any atom is 0.239 e. The van der Waals surface area contributed by atoms with Crippen LogP contribution in [0.1, 0.15) is 5.89 Å². The number of nitrogens with zero attached hydrogens (tertiary/aromatic N) is 5. The molecule has 0 spiro atoms. The van der Waals surface area contributed by atoms with Crippen LogP contribution in [0.25, 0.3) is 16.7 Å².